The molecular formula is C9H10F2N2O3. The van der Waals surface area contributed by atoms with Gasteiger partial charge in [0.1, 0.15) is 11.5 Å². The molecule has 0 heterocycles. The topological polar surface area (TPSA) is 66.6 Å². The summed E-state index contributed by atoms with van der Waals surface area (Å²) in [5, 5.41) is 19.3. The molecule has 5 nitrogen and oxygen atoms in total. The highest BCUT2D eigenvalue weighted by molar-refractivity contribution is 5.63. The lowest BCUT2D eigenvalue weighted by atomic mass is 10.2. The lowest BCUT2D eigenvalue weighted by molar-refractivity contribution is -0.386. The molecule has 0 aliphatic heterocycles. The fraction of sp³-hybridized carbons (Fsp3) is 0.333. The van der Waals surface area contributed by atoms with Crippen molar-refractivity contribution in [2.75, 3.05) is 25.1 Å². The molecule has 1 N–H and O–H groups in total. The van der Waals surface area contributed by atoms with Gasteiger partial charge in [-0.05, 0) is 0 Å². The summed E-state index contributed by atoms with van der Waals surface area (Å²) < 4.78 is 26.1. The Hall–Kier alpha value is -1.76. The van der Waals surface area contributed by atoms with E-state index < -0.39 is 22.2 Å². The summed E-state index contributed by atoms with van der Waals surface area (Å²) in [6.45, 7) is -0.227. The van der Waals surface area contributed by atoms with Crippen LogP contribution < -0.4 is 4.90 Å². The van der Waals surface area contributed by atoms with Gasteiger partial charge in [0.15, 0.2) is 0 Å². The number of nitrogens with zero attached hydrogens (tertiary/aromatic N) is 2. The first-order valence-electron chi connectivity index (χ1n) is 4.42. The zero-order valence-corrected chi connectivity index (χ0v) is 8.48. The maximum absolute atomic E-state index is 13.2. The van der Waals surface area contributed by atoms with E-state index in [1.54, 1.807) is 0 Å². The Bertz CT molecular complexity index is 412. The first-order chi connectivity index (χ1) is 7.47. The van der Waals surface area contributed by atoms with Crippen molar-refractivity contribution in [3.05, 3.63) is 33.9 Å². The second-order valence-electron chi connectivity index (χ2n) is 3.16. The Kier molecular flexibility index (Phi) is 3.73. The molecular weight excluding hydrogens is 222 g/mol. The van der Waals surface area contributed by atoms with Crippen LogP contribution in [0.2, 0.25) is 0 Å². The lowest BCUT2D eigenvalue weighted by Gasteiger charge is -2.17. The number of aliphatic hydroxyl groups excluding tert-OH is 1. The number of benzene rings is 1. The second kappa shape index (κ2) is 4.84. The van der Waals surface area contributed by atoms with Gasteiger partial charge in [0.2, 0.25) is 5.82 Å². The molecule has 0 aliphatic carbocycles. The summed E-state index contributed by atoms with van der Waals surface area (Å²) in [5.74, 6) is -2.13. The van der Waals surface area contributed by atoms with Gasteiger partial charge in [-0.2, -0.15) is 4.39 Å². The van der Waals surface area contributed by atoms with E-state index in [-0.39, 0.29) is 18.8 Å². The van der Waals surface area contributed by atoms with Gasteiger partial charge in [0, 0.05) is 25.7 Å². The zero-order valence-electron chi connectivity index (χ0n) is 8.48. The van der Waals surface area contributed by atoms with Crippen molar-refractivity contribution in [3.8, 4) is 0 Å². The van der Waals surface area contributed by atoms with Gasteiger partial charge in [0.05, 0.1) is 11.5 Å². The van der Waals surface area contributed by atoms with Gasteiger partial charge in [-0.3, -0.25) is 10.1 Å². The second-order valence-corrected chi connectivity index (χ2v) is 3.16. The third kappa shape index (κ3) is 2.43. The van der Waals surface area contributed by atoms with Crippen molar-refractivity contribution in [3.63, 3.8) is 0 Å². The number of anilines is 1. The van der Waals surface area contributed by atoms with Crippen LogP contribution in [0, 0.1) is 21.7 Å². The molecule has 88 valence electrons. The highest BCUT2D eigenvalue weighted by Crippen LogP contribution is 2.31. The molecule has 0 saturated heterocycles. The van der Waals surface area contributed by atoms with Crippen LogP contribution >= 0.6 is 0 Å². The van der Waals surface area contributed by atoms with Crippen LogP contribution in [0.1, 0.15) is 0 Å². The van der Waals surface area contributed by atoms with Gasteiger partial charge >= 0.3 is 5.69 Å². The molecule has 1 aromatic rings. The number of halogens is 2. The predicted octanol–water partition coefficient (Wildman–Crippen LogP) is 1.30. The van der Waals surface area contributed by atoms with Crippen molar-refractivity contribution in [2.24, 2.45) is 0 Å². The summed E-state index contributed by atoms with van der Waals surface area (Å²) in [6.07, 6.45) is 0. The maximum Gasteiger partial charge on any atom is 0.328 e. The summed E-state index contributed by atoms with van der Waals surface area (Å²) in [4.78, 5) is 10.9. The highest BCUT2D eigenvalue weighted by atomic mass is 19.1. The number of aliphatic hydroxyl groups is 1. The van der Waals surface area contributed by atoms with Crippen LogP contribution in [-0.2, 0) is 0 Å². The summed E-state index contributed by atoms with van der Waals surface area (Å²) in [7, 11) is 1.40. The average Bonchev–Trinajstić information content (AvgIpc) is 2.15. The Morgan fingerprint density at radius 3 is 2.62 bits per heavy atom. The SMILES string of the molecule is CN(CCO)c1cc(F)cc(F)c1[N+](=O)[O-]. The van der Waals surface area contributed by atoms with Crippen molar-refractivity contribution in [1.82, 2.24) is 0 Å². The van der Waals surface area contributed by atoms with E-state index in [4.69, 9.17) is 5.11 Å². The van der Waals surface area contributed by atoms with Crippen LogP contribution in [0.4, 0.5) is 20.2 Å². The highest BCUT2D eigenvalue weighted by Gasteiger charge is 2.24. The third-order valence-corrected chi connectivity index (χ3v) is 2.04. The van der Waals surface area contributed by atoms with Gasteiger partial charge in [-0.25, -0.2) is 4.39 Å². The van der Waals surface area contributed by atoms with Crippen LogP contribution in [0.3, 0.4) is 0 Å². The summed E-state index contributed by atoms with van der Waals surface area (Å²) in [5.41, 5.74) is -0.992. The molecule has 0 radical (unpaired) electrons. The largest absolute Gasteiger partial charge is 0.395 e. The minimum absolute atomic E-state index is 0.0454. The van der Waals surface area contributed by atoms with Gasteiger partial charge < -0.3 is 10.0 Å². The van der Waals surface area contributed by atoms with Gasteiger partial charge in [-0.15, -0.1) is 0 Å². The Morgan fingerprint density at radius 2 is 2.12 bits per heavy atom. The standard InChI is InChI=1S/C9H10F2N2O3/c1-12(2-3-14)8-5-6(10)4-7(11)9(8)13(15)16/h4-5,14H,2-3H2,1H3. The number of nitro benzene ring substituents is 1. The number of hydrogen-bond acceptors (Lipinski definition) is 4. The fourth-order valence-electron chi connectivity index (χ4n) is 1.29. The van der Waals surface area contributed by atoms with E-state index in [0.717, 1.165) is 6.07 Å². The molecule has 0 fully saturated rings. The molecule has 0 bridgehead atoms. The van der Waals surface area contributed by atoms with Crippen LogP contribution in [0.5, 0.6) is 0 Å². The fourth-order valence-corrected chi connectivity index (χ4v) is 1.29. The monoisotopic (exact) mass is 232 g/mol. The molecule has 0 unspecified atom stereocenters. The first-order valence-corrected chi connectivity index (χ1v) is 4.42. The average molecular weight is 232 g/mol. The minimum Gasteiger partial charge on any atom is -0.395 e. The molecule has 0 aromatic heterocycles. The zero-order chi connectivity index (χ0) is 12.3. The van der Waals surface area contributed by atoms with E-state index in [1.165, 1.54) is 11.9 Å². The maximum atomic E-state index is 13.2. The molecule has 0 aliphatic rings. The minimum atomic E-state index is -1.23. The number of nitro groups is 1. The third-order valence-electron chi connectivity index (χ3n) is 2.04. The Balaban J connectivity index is 3.29. The van der Waals surface area contributed by atoms with E-state index in [0.29, 0.717) is 6.07 Å². The van der Waals surface area contributed by atoms with Crippen molar-refractivity contribution < 1.29 is 18.8 Å². The predicted molar refractivity (Wildman–Crippen MR) is 53.4 cm³/mol. The van der Waals surface area contributed by atoms with Gasteiger partial charge in [-0.1, -0.05) is 0 Å². The van der Waals surface area contributed by atoms with E-state index in [2.05, 4.69) is 0 Å². The molecule has 0 saturated carbocycles. The van der Waals surface area contributed by atoms with Crippen LogP contribution in [0.25, 0.3) is 0 Å². The van der Waals surface area contributed by atoms with E-state index in [1.807, 2.05) is 0 Å². The molecule has 1 aromatic carbocycles. The Morgan fingerprint density at radius 1 is 1.50 bits per heavy atom. The Labute approximate surface area is 90.1 Å². The normalized spacial score (nSPS) is 10.2. The molecule has 16 heavy (non-hydrogen) atoms. The van der Waals surface area contributed by atoms with Crippen molar-refractivity contribution in [2.45, 2.75) is 0 Å². The smallest absolute Gasteiger partial charge is 0.328 e. The van der Waals surface area contributed by atoms with E-state index in [9.17, 15) is 18.9 Å². The van der Waals surface area contributed by atoms with E-state index >= 15 is 0 Å². The van der Waals surface area contributed by atoms with Crippen molar-refractivity contribution in [1.29, 1.82) is 0 Å². The first kappa shape index (κ1) is 12.3. The lowest BCUT2D eigenvalue weighted by Crippen LogP contribution is -2.22. The van der Waals surface area contributed by atoms with Crippen LogP contribution in [0.15, 0.2) is 12.1 Å². The van der Waals surface area contributed by atoms with Gasteiger partial charge in [0.25, 0.3) is 0 Å². The number of rotatable bonds is 4. The molecule has 7 heteroatoms. The molecule has 0 amide bonds. The number of likely N-dealkylation sites (N-methyl/N-ethyl adjacent to an activating group) is 1. The summed E-state index contributed by atoms with van der Waals surface area (Å²) >= 11 is 0. The molecule has 0 atom stereocenters. The van der Waals surface area contributed by atoms with Crippen molar-refractivity contribution >= 4 is 11.4 Å². The van der Waals surface area contributed by atoms with Crippen LogP contribution in [-0.4, -0.2) is 30.2 Å². The molecule has 1 rings (SSSR count). The molecule has 0 spiro atoms. The quantitative estimate of drug-likeness (QED) is 0.627. The summed E-state index contributed by atoms with van der Waals surface area (Å²) in [6, 6.07) is 1.31. The number of hydrogen-bond donors (Lipinski definition) is 1.